The minimum atomic E-state index is -0.817. The van der Waals surface area contributed by atoms with Crippen LogP contribution in [0.25, 0.3) is 0 Å². The van der Waals surface area contributed by atoms with Crippen molar-refractivity contribution >= 4 is 27.9 Å². The summed E-state index contributed by atoms with van der Waals surface area (Å²) in [4.78, 5) is 25.2. The molecule has 0 unspecified atom stereocenters. The number of carbonyl (C=O) groups excluding carboxylic acids is 2. The zero-order valence-electron chi connectivity index (χ0n) is 24.3. The molecule has 0 saturated heterocycles. The van der Waals surface area contributed by atoms with Crippen molar-refractivity contribution < 1.29 is 28.5 Å². The first-order valence-corrected chi connectivity index (χ1v) is 15.6. The molecule has 1 aliphatic rings. The van der Waals surface area contributed by atoms with Crippen LogP contribution in [-0.4, -0.2) is 41.7 Å². The molecule has 44 heavy (non-hydrogen) atoms. The predicted octanol–water partition coefficient (Wildman–Crippen LogP) is 7.09. The molecule has 1 fully saturated rings. The summed E-state index contributed by atoms with van der Waals surface area (Å²) in [6.07, 6.45) is -1.83. The molecule has 7 nitrogen and oxygen atoms in total. The molecule has 0 spiro atoms. The van der Waals surface area contributed by atoms with Gasteiger partial charge < -0.3 is 18.9 Å². The number of benzene rings is 4. The zero-order chi connectivity index (χ0) is 30.6. The van der Waals surface area contributed by atoms with Crippen molar-refractivity contribution in [2.75, 3.05) is 6.61 Å². The maximum absolute atomic E-state index is 12.9. The van der Waals surface area contributed by atoms with Crippen molar-refractivity contribution in [3.63, 3.8) is 0 Å². The molecule has 0 bridgehead atoms. The Labute approximate surface area is 266 Å². The number of carbonyl (C=O) groups is 2. The molecule has 8 heteroatoms. The van der Waals surface area contributed by atoms with Gasteiger partial charge in [0.2, 0.25) is 0 Å². The molecule has 0 aliphatic heterocycles. The molecule has 5 atom stereocenters. The summed E-state index contributed by atoms with van der Waals surface area (Å²) >= 11 is 3.80. The molecular formula is C36H36BrNO6. The van der Waals surface area contributed by atoms with Crippen LogP contribution in [0.15, 0.2) is 121 Å². The van der Waals surface area contributed by atoms with E-state index in [2.05, 4.69) is 21.2 Å². The lowest BCUT2D eigenvalue weighted by Gasteiger charge is -2.44. The van der Waals surface area contributed by atoms with Crippen LogP contribution in [0.5, 0.6) is 0 Å². The smallest absolute Gasteiger partial charge is 0.414 e. The van der Waals surface area contributed by atoms with Crippen molar-refractivity contribution in [3.8, 4) is 0 Å². The van der Waals surface area contributed by atoms with Gasteiger partial charge in [0.15, 0.2) is 0 Å². The van der Waals surface area contributed by atoms with E-state index in [0.29, 0.717) is 38.4 Å². The highest BCUT2D eigenvalue weighted by Gasteiger charge is 2.47. The van der Waals surface area contributed by atoms with Gasteiger partial charge in [-0.1, -0.05) is 125 Å². The minimum Gasteiger partial charge on any atom is -0.445 e. The molecule has 228 valence electrons. The summed E-state index contributed by atoms with van der Waals surface area (Å²) in [5.41, 5.74) is 3.49. The number of imide groups is 1. The molecule has 0 heterocycles. The number of hydrogen-bond donors (Lipinski definition) is 1. The van der Waals surface area contributed by atoms with Crippen LogP contribution in [0.4, 0.5) is 4.79 Å². The molecule has 1 N–H and O–H groups in total. The predicted molar refractivity (Wildman–Crippen MR) is 171 cm³/mol. The van der Waals surface area contributed by atoms with Crippen LogP contribution in [-0.2, 0) is 38.8 Å². The minimum absolute atomic E-state index is 0.167. The van der Waals surface area contributed by atoms with E-state index in [1.54, 1.807) is 30.3 Å². The van der Waals surface area contributed by atoms with E-state index in [1.165, 1.54) is 0 Å². The van der Waals surface area contributed by atoms with Crippen LogP contribution in [0.2, 0.25) is 0 Å². The average Bonchev–Trinajstić information content (AvgIpc) is 3.06. The number of ether oxygens (including phenoxy) is 4. The maximum Gasteiger partial charge on any atom is 0.414 e. The van der Waals surface area contributed by atoms with Gasteiger partial charge in [-0.25, -0.2) is 4.79 Å². The van der Waals surface area contributed by atoms with Gasteiger partial charge in [0.1, 0.15) is 12.2 Å². The van der Waals surface area contributed by atoms with Crippen LogP contribution in [0, 0.1) is 5.92 Å². The molecule has 1 saturated carbocycles. The summed E-state index contributed by atoms with van der Waals surface area (Å²) in [6.45, 7) is 1.54. The van der Waals surface area contributed by atoms with Crippen LogP contribution < -0.4 is 5.32 Å². The molecule has 5 rings (SSSR count). The lowest BCUT2D eigenvalue weighted by atomic mass is 9.82. The van der Waals surface area contributed by atoms with Crippen molar-refractivity contribution in [1.82, 2.24) is 5.32 Å². The second-order valence-electron chi connectivity index (χ2n) is 10.7. The van der Waals surface area contributed by atoms with Crippen LogP contribution >= 0.6 is 15.9 Å². The Kier molecular flexibility index (Phi) is 11.7. The van der Waals surface area contributed by atoms with Gasteiger partial charge in [0.25, 0.3) is 5.91 Å². The van der Waals surface area contributed by atoms with Gasteiger partial charge in [-0.15, -0.1) is 0 Å². The standard InChI is InChI=1S/C36H36BrNO6/c37-32-31(44-36(40)38-35(39)29-19-11-4-12-20-29)21-30(25-41-22-26-13-5-1-6-14-26)33(42-23-27-15-7-2-8-16-27)34(32)43-24-28-17-9-3-10-18-28/h1-20,30-34H,21-25H2,(H,38,39,40)/t30-,31+,32-,33-,34-/m1/s1. The highest BCUT2D eigenvalue weighted by atomic mass is 79.9. The third kappa shape index (κ3) is 9.09. The van der Waals surface area contributed by atoms with Gasteiger partial charge in [0, 0.05) is 11.5 Å². The number of amides is 2. The van der Waals surface area contributed by atoms with Crippen molar-refractivity contribution in [1.29, 1.82) is 0 Å². The van der Waals surface area contributed by atoms with Gasteiger partial charge >= 0.3 is 6.09 Å². The monoisotopic (exact) mass is 657 g/mol. The first kappa shape index (κ1) is 31.6. The Hall–Kier alpha value is -3.82. The Morgan fingerprint density at radius 1 is 0.659 bits per heavy atom. The van der Waals surface area contributed by atoms with Gasteiger partial charge in [0.05, 0.1) is 37.4 Å². The Morgan fingerprint density at radius 2 is 1.14 bits per heavy atom. The van der Waals surface area contributed by atoms with Crippen molar-refractivity contribution in [2.24, 2.45) is 5.92 Å². The lowest BCUT2D eigenvalue weighted by molar-refractivity contribution is -0.156. The summed E-state index contributed by atoms with van der Waals surface area (Å²) < 4.78 is 25.2. The topological polar surface area (TPSA) is 83.1 Å². The fourth-order valence-electron chi connectivity index (χ4n) is 5.27. The fraction of sp³-hybridized carbons (Fsp3) is 0.278. The third-order valence-electron chi connectivity index (χ3n) is 7.52. The van der Waals surface area contributed by atoms with E-state index >= 15 is 0 Å². The van der Waals surface area contributed by atoms with E-state index in [1.807, 2.05) is 91.0 Å². The third-order valence-corrected chi connectivity index (χ3v) is 8.63. The summed E-state index contributed by atoms with van der Waals surface area (Å²) in [7, 11) is 0. The van der Waals surface area contributed by atoms with E-state index in [9.17, 15) is 9.59 Å². The number of nitrogens with one attached hydrogen (secondary N) is 1. The van der Waals surface area contributed by atoms with Gasteiger partial charge in [-0.2, -0.15) is 0 Å². The van der Waals surface area contributed by atoms with Gasteiger partial charge in [-0.3, -0.25) is 10.1 Å². The normalized spacial score (nSPS) is 21.3. The zero-order valence-corrected chi connectivity index (χ0v) is 25.9. The molecular weight excluding hydrogens is 622 g/mol. The molecule has 0 radical (unpaired) electrons. The Morgan fingerprint density at radius 3 is 1.68 bits per heavy atom. The fourth-order valence-corrected chi connectivity index (χ4v) is 6.05. The van der Waals surface area contributed by atoms with Crippen molar-refractivity contribution in [2.45, 2.75) is 49.4 Å². The van der Waals surface area contributed by atoms with E-state index < -0.39 is 29.0 Å². The number of alkyl halides is 1. The highest BCUT2D eigenvalue weighted by molar-refractivity contribution is 9.09. The first-order valence-electron chi connectivity index (χ1n) is 14.7. The number of hydrogen-bond acceptors (Lipinski definition) is 6. The van der Waals surface area contributed by atoms with Crippen molar-refractivity contribution in [3.05, 3.63) is 144 Å². The van der Waals surface area contributed by atoms with Crippen LogP contribution in [0.3, 0.4) is 0 Å². The number of alkyl carbamates (subject to hydrolysis) is 1. The Balaban J connectivity index is 1.34. The summed E-state index contributed by atoms with van der Waals surface area (Å²) in [5, 5.41) is 2.35. The second-order valence-corrected chi connectivity index (χ2v) is 11.8. The molecule has 1 aliphatic carbocycles. The molecule has 4 aromatic rings. The number of halogens is 1. The average molecular weight is 659 g/mol. The Bertz CT molecular complexity index is 1440. The molecule has 4 aromatic carbocycles. The second kappa shape index (κ2) is 16.3. The van der Waals surface area contributed by atoms with E-state index in [0.717, 1.165) is 16.7 Å². The SMILES string of the molecule is O=C(NC(=O)c1ccccc1)O[C@H]1C[C@H](COCc2ccccc2)[C@@H](OCc2ccccc2)[C@H](OCc2ccccc2)[C@@H]1Br. The quantitative estimate of drug-likeness (QED) is 0.164. The van der Waals surface area contributed by atoms with Gasteiger partial charge in [-0.05, 0) is 35.2 Å². The van der Waals surface area contributed by atoms with E-state index in [-0.39, 0.29) is 12.0 Å². The van der Waals surface area contributed by atoms with Crippen LogP contribution in [0.1, 0.15) is 33.5 Å². The summed E-state index contributed by atoms with van der Waals surface area (Å²) in [6, 6.07) is 38.4. The number of rotatable bonds is 12. The maximum atomic E-state index is 12.9. The molecule has 2 amide bonds. The van der Waals surface area contributed by atoms with E-state index in [4.69, 9.17) is 18.9 Å². The largest absolute Gasteiger partial charge is 0.445 e. The lowest BCUT2D eigenvalue weighted by Crippen LogP contribution is -2.56. The highest BCUT2D eigenvalue weighted by Crippen LogP contribution is 2.37. The summed E-state index contributed by atoms with van der Waals surface area (Å²) in [5.74, 6) is -0.694. The first-order chi connectivity index (χ1) is 21.6. The molecule has 0 aromatic heterocycles.